The van der Waals surface area contributed by atoms with Crippen molar-refractivity contribution in [1.29, 1.82) is 0 Å². The Hall–Kier alpha value is -0.620. The SMILES string of the molecule is CC(C)c1nn(C)c(Cl)c1S(=O)(=O)F. The molecule has 1 rings (SSSR count). The lowest BCUT2D eigenvalue weighted by atomic mass is 10.1. The molecule has 0 amide bonds. The number of aromatic nitrogens is 2. The Kier molecular flexibility index (Phi) is 2.87. The minimum atomic E-state index is -4.80. The molecule has 0 saturated carbocycles. The van der Waals surface area contributed by atoms with Gasteiger partial charge >= 0.3 is 10.2 Å². The lowest BCUT2D eigenvalue weighted by Gasteiger charge is -2.00. The van der Waals surface area contributed by atoms with Crippen molar-refractivity contribution >= 4 is 21.8 Å². The number of aryl methyl sites for hydroxylation is 1. The Bertz CT molecular complexity index is 453. The van der Waals surface area contributed by atoms with Crippen LogP contribution in [0.1, 0.15) is 25.5 Å². The zero-order valence-corrected chi connectivity index (χ0v) is 9.52. The summed E-state index contributed by atoms with van der Waals surface area (Å²) in [5, 5.41) is 3.64. The fraction of sp³-hybridized carbons (Fsp3) is 0.571. The van der Waals surface area contributed by atoms with Crippen LogP contribution in [0.5, 0.6) is 0 Å². The Balaban J connectivity index is 3.55. The molecule has 1 aromatic heterocycles. The van der Waals surface area contributed by atoms with E-state index in [1.54, 1.807) is 13.8 Å². The van der Waals surface area contributed by atoms with Crippen molar-refractivity contribution in [2.75, 3.05) is 0 Å². The first-order valence-corrected chi connectivity index (χ1v) is 5.68. The molecule has 1 heterocycles. The molecule has 0 atom stereocenters. The van der Waals surface area contributed by atoms with Crippen LogP contribution in [0.2, 0.25) is 5.15 Å². The molecule has 0 saturated heterocycles. The van der Waals surface area contributed by atoms with Gasteiger partial charge in [0.15, 0.2) is 4.90 Å². The van der Waals surface area contributed by atoms with Gasteiger partial charge in [-0.15, -0.1) is 3.89 Å². The van der Waals surface area contributed by atoms with E-state index in [1.165, 1.54) is 7.05 Å². The number of nitrogens with zero attached hydrogens (tertiary/aromatic N) is 2. The molecule has 0 aromatic carbocycles. The van der Waals surface area contributed by atoms with E-state index in [0.29, 0.717) is 0 Å². The molecule has 0 bridgehead atoms. The van der Waals surface area contributed by atoms with Crippen LogP contribution in [0.4, 0.5) is 3.89 Å². The van der Waals surface area contributed by atoms with E-state index in [0.717, 1.165) is 4.68 Å². The summed E-state index contributed by atoms with van der Waals surface area (Å²) in [6.45, 7) is 3.43. The Morgan fingerprint density at radius 2 is 2.00 bits per heavy atom. The number of hydrogen-bond donors (Lipinski definition) is 0. The quantitative estimate of drug-likeness (QED) is 0.742. The summed E-state index contributed by atoms with van der Waals surface area (Å²) in [6.07, 6.45) is 0. The monoisotopic (exact) mass is 240 g/mol. The van der Waals surface area contributed by atoms with Crippen molar-refractivity contribution in [3.8, 4) is 0 Å². The third kappa shape index (κ3) is 1.90. The molecule has 0 aliphatic heterocycles. The van der Waals surface area contributed by atoms with Crippen molar-refractivity contribution in [3.63, 3.8) is 0 Å². The van der Waals surface area contributed by atoms with Crippen LogP contribution in [0.25, 0.3) is 0 Å². The van der Waals surface area contributed by atoms with Gasteiger partial charge in [-0.1, -0.05) is 25.4 Å². The predicted molar refractivity (Wildman–Crippen MR) is 50.6 cm³/mol. The molecule has 0 aliphatic rings. The molecule has 7 heteroatoms. The fourth-order valence-electron chi connectivity index (χ4n) is 1.11. The molecule has 0 fully saturated rings. The minimum absolute atomic E-state index is 0.153. The summed E-state index contributed by atoms with van der Waals surface area (Å²) in [7, 11) is -3.34. The normalized spacial score (nSPS) is 12.4. The summed E-state index contributed by atoms with van der Waals surface area (Å²) in [4.78, 5) is -0.517. The lowest BCUT2D eigenvalue weighted by molar-refractivity contribution is 0.549. The van der Waals surface area contributed by atoms with Crippen LogP contribution in [0.15, 0.2) is 4.90 Å². The molecule has 0 spiro atoms. The van der Waals surface area contributed by atoms with Crippen LogP contribution in [-0.4, -0.2) is 18.2 Å². The lowest BCUT2D eigenvalue weighted by Crippen LogP contribution is -1.98. The molecule has 0 N–H and O–H groups in total. The van der Waals surface area contributed by atoms with Gasteiger partial charge in [-0.2, -0.15) is 13.5 Å². The highest BCUT2D eigenvalue weighted by molar-refractivity contribution is 7.86. The zero-order valence-electron chi connectivity index (χ0n) is 7.95. The van der Waals surface area contributed by atoms with Crippen molar-refractivity contribution in [3.05, 3.63) is 10.8 Å². The van der Waals surface area contributed by atoms with Crippen LogP contribution in [0.3, 0.4) is 0 Å². The molecule has 0 aliphatic carbocycles. The van der Waals surface area contributed by atoms with Gasteiger partial charge in [0, 0.05) is 7.05 Å². The van der Waals surface area contributed by atoms with Gasteiger partial charge in [0.1, 0.15) is 5.15 Å². The van der Waals surface area contributed by atoms with E-state index in [4.69, 9.17) is 11.6 Å². The molecular weight excluding hydrogens is 231 g/mol. The largest absolute Gasteiger partial charge is 0.337 e. The first-order valence-electron chi connectivity index (χ1n) is 3.92. The Morgan fingerprint density at radius 3 is 2.29 bits per heavy atom. The number of halogens is 2. The second kappa shape index (κ2) is 3.51. The summed E-state index contributed by atoms with van der Waals surface area (Å²) in [6, 6.07) is 0. The molecule has 4 nitrogen and oxygen atoms in total. The van der Waals surface area contributed by atoms with E-state index in [-0.39, 0.29) is 16.8 Å². The van der Waals surface area contributed by atoms with Gasteiger partial charge in [0.05, 0.1) is 5.69 Å². The smallest absolute Gasteiger partial charge is 0.255 e. The van der Waals surface area contributed by atoms with Crippen LogP contribution < -0.4 is 0 Å². The van der Waals surface area contributed by atoms with Crippen LogP contribution in [-0.2, 0) is 17.3 Å². The molecule has 14 heavy (non-hydrogen) atoms. The van der Waals surface area contributed by atoms with Crippen molar-refractivity contribution in [2.45, 2.75) is 24.7 Å². The van der Waals surface area contributed by atoms with Crippen molar-refractivity contribution in [2.24, 2.45) is 7.05 Å². The number of rotatable bonds is 2. The second-order valence-electron chi connectivity index (χ2n) is 3.22. The third-order valence-electron chi connectivity index (χ3n) is 1.75. The number of hydrogen-bond acceptors (Lipinski definition) is 3. The summed E-state index contributed by atoms with van der Waals surface area (Å²) in [5.74, 6) is -0.200. The van der Waals surface area contributed by atoms with E-state index in [9.17, 15) is 12.3 Å². The maximum Gasteiger partial charge on any atom is 0.337 e. The fourth-order valence-corrected chi connectivity index (χ4v) is 2.38. The molecule has 1 aromatic rings. The summed E-state index contributed by atoms with van der Waals surface area (Å²) >= 11 is 5.62. The van der Waals surface area contributed by atoms with Gasteiger partial charge in [0.2, 0.25) is 0 Å². The Morgan fingerprint density at radius 1 is 1.50 bits per heavy atom. The van der Waals surface area contributed by atoms with Gasteiger partial charge < -0.3 is 0 Å². The zero-order chi connectivity index (χ0) is 11.1. The van der Waals surface area contributed by atoms with E-state index in [2.05, 4.69) is 5.10 Å². The average molecular weight is 241 g/mol. The van der Waals surface area contributed by atoms with E-state index in [1.807, 2.05) is 0 Å². The van der Waals surface area contributed by atoms with Crippen molar-refractivity contribution in [1.82, 2.24) is 9.78 Å². The topological polar surface area (TPSA) is 52.0 Å². The van der Waals surface area contributed by atoms with Gasteiger partial charge in [-0.25, -0.2) is 0 Å². The minimum Gasteiger partial charge on any atom is -0.255 e. The predicted octanol–water partition coefficient (Wildman–Crippen LogP) is 1.86. The highest BCUT2D eigenvalue weighted by Gasteiger charge is 2.28. The molecule has 0 radical (unpaired) electrons. The first kappa shape index (κ1) is 11.5. The van der Waals surface area contributed by atoms with Gasteiger partial charge in [0.25, 0.3) is 0 Å². The standard InChI is InChI=1S/C7H10ClFN2O2S/c1-4(2)5-6(14(9,12)13)7(8)11(3)10-5/h4H,1-3H3. The summed E-state index contributed by atoms with van der Waals surface area (Å²) in [5.41, 5.74) is 0.153. The average Bonchev–Trinajstić information content (AvgIpc) is 2.27. The molecule has 0 unspecified atom stereocenters. The van der Waals surface area contributed by atoms with Gasteiger partial charge in [-0.3, -0.25) is 4.68 Å². The van der Waals surface area contributed by atoms with Crippen LogP contribution >= 0.6 is 11.6 Å². The molecular formula is C7H10ClFN2O2S. The van der Waals surface area contributed by atoms with E-state index >= 15 is 0 Å². The third-order valence-corrected chi connectivity index (χ3v) is 3.19. The highest BCUT2D eigenvalue weighted by atomic mass is 35.5. The van der Waals surface area contributed by atoms with Crippen molar-refractivity contribution < 1.29 is 12.3 Å². The highest BCUT2D eigenvalue weighted by Crippen LogP contribution is 2.30. The first-order chi connectivity index (χ1) is 6.25. The van der Waals surface area contributed by atoms with Gasteiger partial charge in [-0.05, 0) is 5.92 Å². The maximum absolute atomic E-state index is 12.9. The van der Waals surface area contributed by atoms with Crippen LogP contribution in [0, 0.1) is 0 Å². The maximum atomic E-state index is 12.9. The summed E-state index contributed by atoms with van der Waals surface area (Å²) < 4.78 is 35.6. The second-order valence-corrected chi connectivity index (χ2v) is 4.86. The molecule has 80 valence electrons. The Labute approximate surface area is 86.9 Å². The van der Waals surface area contributed by atoms with E-state index < -0.39 is 15.1 Å².